The minimum absolute atomic E-state index is 0.922. The molecule has 3 aromatic rings. The van der Waals surface area contributed by atoms with Crippen LogP contribution in [0.2, 0.25) is 0 Å². The van der Waals surface area contributed by atoms with Crippen molar-refractivity contribution in [2.45, 2.75) is 13.3 Å². The first kappa shape index (κ1) is 11.8. The number of benzene rings is 1. The molecule has 3 rings (SSSR count). The molecule has 3 nitrogen and oxygen atoms in total. The van der Waals surface area contributed by atoms with Gasteiger partial charge < -0.3 is 10.3 Å². The van der Waals surface area contributed by atoms with Crippen LogP contribution in [0.15, 0.2) is 48.8 Å². The van der Waals surface area contributed by atoms with Gasteiger partial charge in [-0.25, -0.2) is 4.98 Å². The Hall–Kier alpha value is -2.29. The van der Waals surface area contributed by atoms with E-state index >= 15 is 0 Å². The summed E-state index contributed by atoms with van der Waals surface area (Å²) in [6.07, 6.45) is 4.85. The highest BCUT2D eigenvalue weighted by molar-refractivity contribution is 5.79. The maximum absolute atomic E-state index is 4.30. The number of aromatic nitrogens is 2. The van der Waals surface area contributed by atoms with E-state index in [2.05, 4.69) is 58.7 Å². The van der Waals surface area contributed by atoms with Gasteiger partial charge in [0.1, 0.15) is 5.65 Å². The van der Waals surface area contributed by atoms with Gasteiger partial charge in [0.15, 0.2) is 0 Å². The highest BCUT2D eigenvalue weighted by Gasteiger charge is 2.03. The Morgan fingerprint density at radius 3 is 2.84 bits per heavy atom. The molecule has 0 fully saturated rings. The summed E-state index contributed by atoms with van der Waals surface area (Å²) < 4.78 is 0. The molecule has 0 spiro atoms. The Bertz CT molecular complexity index is 668. The summed E-state index contributed by atoms with van der Waals surface area (Å²) in [4.78, 5) is 7.51. The largest absolute Gasteiger partial charge is 0.385 e. The average molecular weight is 251 g/mol. The monoisotopic (exact) mass is 251 g/mol. The molecule has 19 heavy (non-hydrogen) atoms. The number of rotatable bonds is 4. The first-order chi connectivity index (χ1) is 9.33. The molecule has 96 valence electrons. The minimum atomic E-state index is 0.922. The summed E-state index contributed by atoms with van der Waals surface area (Å²) in [6.45, 7) is 3.02. The predicted molar refractivity (Wildman–Crippen MR) is 79.5 cm³/mol. The second-order valence-corrected chi connectivity index (χ2v) is 4.76. The lowest BCUT2D eigenvalue weighted by atomic mass is 10.1. The van der Waals surface area contributed by atoms with E-state index in [0.717, 1.165) is 18.6 Å². The van der Waals surface area contributed by atoms with Gasteiger partial charge in [-0.1, -0.05) is 17.7 Å². The molecule has 0 amide bonds. The van der Waals surface area contributed by atoms with E-state index in [1.807, 2.05) is 12.3 Å². The van der Waals surface area contributed by atoms with Gasteiger partial charge in [0.2, 0.25) is 0 Å². The third-order valence-electron chi connectivity index (χ3n) is 3.31. The molecule has 0 aliphatic carbocycles. The van der Waals surface area contributed by atoms with Crippen molar-refractivity contribution < 1.29 is 0 Å². The number of hydrogen-bond donors (Lipinski definition) is 2. The van der Waals surface area contributed by atoms with Crippen molar-refractivity contribution >= 4 is 16.7 Å². The van der Waals surface area contributed by atoms with Gasteiger partial charge in [-0.3, -0.25) is 0 Å². The Morgan fingerprint density at radius 1 is 1.16 bits per heavy atom. The second kappa shape index (κ2) is 5.14. The van der Waals surface area contributed by atoms with E-state index in [1.54, 1.807) is 0 Å². The summed E-state index contributed by atoms with van der Waals surface area (Å²) in [5.74, 6) is 0. The molecule has 2 aromatic heterocycles. The maximum Gasteiger partial charge on any atom is 0.137 e. The van der Waals surface area contributed by atoms with Gasteiger partial charge in [-0.15, -0.1) is 0 Å². The third kappa shape index (κ3) is 2.60. The van der Waals surface area contributed by atoms with Crippen LogP contribution in [0, 0.1) is 6.92 Å². The Balaban J connectivity index is 1.65. The van der Waals surface area contributed by atoms with Crippen LogP contribution in [0.5, 0.6) is 0 Å². The van der Waals surface area contributed by atoms with Gasteiger partial charge >= 0.3 is 0 Å². The topological polar surface area (TPSA) is 40.7 Å². The summed E-state index contributed by atoms with van der Waals surface area (Å²) in [7, 11) is 0. The molecule has 0 aliphatic heterocycles. The van der Waals surface area contributed by atoms with Crippen LogP contribution in [0.1, 0.15) is 11.1 Å². The molecule has 2 N–H and O–H groups in total. The number of aryl methyl sites for hydroxylation is 1. The quantitative estimate of drug-likeness (QED) is 0.744. The summed E-state index contributed by atoms with van der Waals surface area (Å²) >= 11 is 0. The molecule has 0 radical (unpaired) electrons. The van der Waals surface area contributed by atoms with Crippen LogP contribution >= 0.6 is 0 Å². The number of H-pyrrole nitrogens is 1. The van der Waals surface area contributed by atoms with Crippen molar-refractivity contribution in [3.63, 3.8) is 0 Å². The van der Waals surface area contributed by atoms with Crippen LogP contribution < -0.4 is 5.32 Å². The summed E-state index contributed by atoms with van der Waals surface area (Å²) in [6, 6.07) is 12.6. The van der Waals surface area contributed by atoms with Crippen molar-refractivity contribution in [2.24, 2.45) is 0 Å². The zero-order valence-corrected chi connectivity index (χ0v) is 11.0. The van der Waals surface area contributed by atoms with Crippen LogP contribution in [-0.2, 0) is 6.42 Å². The lowest BCUT2D eigenvalue weighted by Gasteiger charge is -2.06. The predicted octanol–water partition coefficient (Wildman–Crippen LogP) is 3.53. The van der Waals surface area contributed by atoms with Gasteiger partial charge in [0, 0.05) is 30.0 Å². The van der Waals surface area contributed by atoms with Gasteiger partial charge in [0.05, 0.1) is 0 Å². The third-order valence-corrected chi connectivity index (χ3v) is 3.31. The number of aromatic amines is 1. The van der Waals surface area contributed by atoms with Gasteiger partial charge in [-0.2, -0.15) is 0 Å². The zero-order valence-electron chi connectivity index (χ0n) is 11.0. The van der Waals surface area contributed by atoms with Gasteiger partial charge in [0.25, 0.3) is 0 Å². The Kier molecular flexibility index (Phi) is 3.19. The Labute approximate surface area is 112 Å². The molecule has 0 aliphatic rings. The van der Waals surface area contributed by atoms with E-state index in [9.17, 15) is 0 Å². The number of hydrogen-bond acceptors (Lipinski definition) is 2. The number of nitrogens with zero attached hydrogens (tertiary/aromatic N) is 1. The number of anilines is 1. The molecular weight excluding hydrogens is 234 g/mol. The fourth-order valence-electron chi connectivity index (χ4n) is 2.23. The smallest absolute Gasteiger partial charge is 0.137 e. The minimum Gasteiger partial charge on any atom is -0.385 e. The lowest BCUT2D eigenvalue weighted by molar-refractivity contribution is 1.03. The Morgan fingerprint density at radius 2 is 2.00 bits per heavy atom. The standard InChI is InChI=1S/C16H17N3/c1-12-4-6-14(7-5-12)17-10-8-13-11-19-16-15(13)3-2-9-18-16/h2-7,9,11,17H,8,10H2,1H3,(H,18,19). The fourth-order valence-corrected chi connectivity index (χ4v) is 2.23. The number of pyridine rings is 1. The van der Waals surface area contributed by atoms with Crippen LogP contribution in [0.4, 0.5) is 5.69 Å². The molecular formula is C16H17N3. The van der Waals surface area contributed by atoms with E-state index < -0.39 is 0 Å². The van der Waals surface area contributed by atoms with Crippen molar-refractivity contribution in [3.05, 3.63) is 59.9 Å². The number of nitrogens with one attached hydrogen (secondary N) is 2. The number of fused-ring (bicyclic) bond motifs is 1. The van der Waals surface area contributed by atoms with Crippen molar-refractivity contribution in [3.8, 4) is 0 Å². The second-order valence-electron chi connectivity index (χ2n) is 4.76. The fraction of sp³-hybridized carbons (Fsp3) is 0.188. The molecule has 0 unspecified atom stereocenters. The zero-order chi connectivity index (χ0) is 13.1. The summed E-state index contributed by atoms with van der Waals surface area (Å²) in [5.41, 5.74) is 4.73. The first-order valence-electron chi connectivity index (χ1n) is 6.54. The molecule has 0 atom stereocenters. The molecule has 2 heterocycles. The summed E-state index contributed by atoms with van der Waals surface area (Å²) in [5, 5.41) is 4.66. The van der Waals surface area contributed by atoms with E-state index in [4.69, 9.17) is 0 Å². The van der Waals surface area contributed by atoms with Crippen LogP contribution in [0.25, 0.3) is 11.0 Å². The molecule has 0 bridgehead atoms. The average Bonchev–Trinajstić information content (AvgIpc) is 2.85. The van der Waals surface area contributed by atoms with E-state index in [-0.39, 0.29) is 0 Å². The highest BCUT2D eigenvalue weighted by atomic mass is 14.9. The maximum atomic E-state index is 4.30. The first-order valence-corrected chi connectivity index (χ1v) is 6.54. The molecule has 1 aromatic carbocycles. The van der Waals surface area contributed by atoms with E-state index in [1.165, 1.54) is 22.2 Å². The van der Waals surface area contributed by atoms with Crippen LogP contribution in [0.3, 0.4) is 0 Å². The highest BCUT2D eigenvalue weighted by Crippen LogP contribution is 2.16. The van der Waals surface area contributed by atoms with Gasteiger partial charge in [-0.05, 0) is 43.2 Å². The van der Waals surface area contributed by atoms with Crippen molar-refractivity contribution in [1.29, 1.82) is 0 Å². The van der Waals surface area contributed by atoms with Crippen LogP contribution in [-0.4, -0.2) is 16.5 Å². The SMILES string of the molecule is Cc1ccc(NCCc2c[nH]c3ncccc23)cc1. The van der Waals surface area contributed by atoms with Crippen molar-refractivity contribution in [1.82, 2.24) is 9.97 Å². The van der Waals surface area contributed by atoms with Crippen molar-refractivity contribution in [2.75, 3.05) is 11.9 Å². The molecule has 3 heteroatoms. The molecule has 0 saturated heterocycles. The normalized spacial score (nSPS) is 10.8. The van der Waals surface area contributed by atoms with E-state index in [0.29, 0.717) is 0 Å². The molecule has 0 saturated carbocycles. The lowest BCUT2D eigenvalue weighted by Crippen LogP contribution is -2.04.